The van der Waals surface area contributed by atoms with E-state index in [9.17, 15) is 0 Å². The van der Waals surface area contributed by atoms with E-state index in [1.807, 2.05) is 60.7 Å². The highest BCUT2D eigenvalue weighted by Crippen LogP contribution is 2.56. The molecular weight excluding hydrogens is 1670 g/mol. The Hall–Kier alpha value is -17.4. The van der Waals surface area contributed by atoms with E-state index in [2.05, 4.69) is 508 Å². The molecule has 660 valence electrons. The van der Waals surface area contributed by atoms with Crippen LogP contribution in [0.15, 0.2) is 524 Å². The molecule has 0 spiro atoms. The van der Waals surface area contributed by atoms with Gasteiger partial charge in [-0.25, -0.2) is 0 Å². The van der Waals surface area contributed by atoms with Crippen molar-refractivity contribution in [1.29, 1.82) is 0 Å². The van der Waals surface area contributed by atoms with Crippen molar-refractivity contribution in [2.75, 3.05) is 20.4 Å². The lowest BCUT2D eigenvalue weighted by atomic mass is 9.69. The highest BCUT2D eigenvalue weighted by molar-refractivity contribution is 5.90. The number of rotatable bonds is 28. The average Bonchev–Trinajstić information content (AvgIpc) is 1.56. The quantitative estimate of drug-likeness (QED) is 0.0512. The minimum absolute atomic E-state index is 0.304. The van der Waals surface area contributed by atoms with E-state index in [1.165, 1.54) is 111 Å². The minimum atomic E-state index is -0.304. The topological polar surface area (TPSA) is 30.5 Å². The summed E-state index contributed by atoms with van der Waals surface area (Å²) in [6.45, 7) is 16.2. The zero-order chi connectivity index (χ0) is 93.1. The van der Waals surface area contributed by atoms with E-state index < -0.39 is 0 Å². The number of hydrogen-bond acceptors (Lipinski definition) is 4. The second-order valence-electron chi connectivity index (χ2n) is 36.1. The molecule has 0 saturated carbocycles. The summed E-state index contributed by atoms with van der Waals surface area (Å²) in [7, 11) is 0. The number of nitrogens with zero attached hydrogens (tertiary/aromatic N) is 2. The van der Waals surface area contributed by atoms with Crippen molar-refractivity contribution in [2.45, 2.75) is 36.5 Å². The van der Waals surface area contributed by atoms with Crippen LogP contribution >= 0.6 is 0 Å². The van der Waals surface area contributed by atoms with E-state index in [4.69, 9.17) is 0 Å². The second-order valence-corrected chi connectivity index (χ2v) is 36.1. The summed E-state index contributed by atoms with van der Waals surface area (Å²) < 4.78 is 0. The van der Waals surface area contributed by atoms with Gasteiger partial charge in [0, 0.05) is 67.7 Å². The number of fused-ring (bicyclic) bond motifs is 6. The first-order valence-corrected chi connectivity index (χ1v) is 47.6. The molecule has 20 aromatic carbocycles. The first-order chi connectivity index (χ1) is 68.1. The fourth-order valence-corrected chi connectivity index (χ4v) is 20.5. The molecule has 22 rings (SSSR count). The van der Waals surface area contributed by atoms with Gasteiger partial charge in [-0.15, -0.1) is 0 Å². The molecule has 2 N–H and O–H groups in total. The maximum absolute atomic E-state index is 4.04. The van der Waals surface area contributed by atoms with Crippen molar-refractivity contribution in [3.05, 3.63) is 591 Å². The van der Waals surface area contributed by atoms with E-state index in [-0.39, 0.29) is 10.8 Å². The summed E-state index contributed by atoms with van der Waals surface area (Å²) in [6, 6.07) is 181. The second kappa shape index (κ2) is 39.4. The molecular formula is C134H104N4. The van der Waals surface area contributed by atoms with Gasteiger partial charge in [-0.1, -0.05) is 415 Å². The summed E-state index contributed by atoms with van der Waals surface area (Å²) in [5.41, 5.74) is 44.9. The lowest BCUT2D eigenvalue weighted by molar-refractivity contribution is 0.520. The van der Waals surface area contributed by atoms with Crippen LogP contribution in [0, 0.1) is 0 Å². The van der Waals surface area contributed by atoms with Gasteiger partial charge in [0.25, 0.3) is 0 Å². The van der Waals surface area contributed by atoms with Crippen LogP contribution in [0.4, 0.5) is 56.9 Å². The van der Waals surface area contributed by atoms with Crippen LogP contribution in [0.3, 0.4) is 0 Å². The Bertz CT molecular complexity index is 7100. The third kappa shape index (κ3) is 18.4. The Balaban J connectivity index is 0.000000298. The van der Waals surface area contributed by atoms with Crippen LogP contribution in [0.5, 0.6) is 0 Å². The van der Waals surface area contributed by atoms with Crippen molar-refractivity contribution < 1.29 is 0 Å². The molecule has 0 saturated heterocycles. The van der Waals surface area contributed by atoms with Crippen LogP contribution in [-0.4, -0.2) is 0 Å². The Kier molecular flexibility index (Phi) is 24.9. The van der Waals surface area contributed by atoms with Crippen LogP contribution in [0.1, 0.15) is 66.8 Å². The van der Waals surface area contributed by atoms with Gasteiger partial charge in [0.2, 0.25) is 0 Å². The Labute approximate surface area is 811 Å². The monoisotopic (exact) mass is 1770 g/mol. The SMILES string of the molecule is C=Cc1ccc(CC2(Cc3ccc(C=C)cc3)c3ccccc3-c3ccc(-c4ccc(N(c5ccccc5)c5ccc(-c6ccc(-c7ccc(N(c8ccccc8)c8ccc(-c9ccc%10c(c9)C(Cc9ccc(C=C)cc9)(Cc9ccc(C=C)cc9)c9ccccc9-%10)cc8)cc7)cc6)cc5)cc4)cc32)cc1.c1ccc(Nc2ccc(-c3ccc(-c4ccc(Nc5ccccc5)cc4)cc3)cc2)cc1. The van der Waals surface area contributed by atoms with E-state index in [1.54, 1.807) is 0 Å². The fourth-order valence-electron chi connectivity index (χ4n) is 20.5. The molecule has 0 atom stereocenters. The minimum Gasteiger partial charge on any atom is -0.356 e. The van der Waals surface area contributed by atoms with Gasteiger partial charge in [-0.3, -0.25) is 0 Å². The summed E-state index contributed by atoms with van der Waals surface area (Å²) >= 11 is 0. The molecule has 2 aliphatic carbocycles. The number of para-hydroxylation sites is 4. The molecule has 0 heterocycles. The van der Waals surface area contributed by atoms with Gasteiger partial charge in [-0.2, -0.15) is 0 Å². The molecule has 0 aromatic heterocycles. The van der Waals surface area contributed by atoms with E-state index in [0.717, 1.165) is 127 Å². The Morgan fingerprint density at radius 3 is 0.630 bits per heavy atom. The molecule has 138 heavy (non-hydrogen) atoms. The third-order valence-corrected chi connectivity index (χ3v) is 27.6. The lowest BCUT2D eigenvalue weighted by Gasteiger charge is -2.33. The third-order valence-electron chi connectivity index (χ3n) is 27.6. The van der Waals surface area contributed by atoms with Crippen LogP contribution in [0.2, 0.25) is 0 Å². The standard InChI is InChI=1S/C104H80N2.C30H24N2/c1-5-73-27-35-77(36-28-73)69-103(70-78-37-29-74(6-2)30-38-78)99-25-17-15-23-95(99)97-65-55-87(67-101(97)103)85-51-61-93(62-52-85)105(89-19-11-9-12-20-89)91-57-47-83(48-58-91)81-43-45-82(46-44-81)84-49-59-92(60-50-84)106(90-21-13-10-14-22-90)94-63-53-86(54-64-94)88-56-66-98-96-24-16-18-26-100(96)104(102(98)68-88,71-79-39-31-75(7-3)32-40-79)72-80-41-33-76(8-4)34-42-80;1-3-7-27(8-4-1)31-29-19-15-25(16-20-29)23-11-13-24(14-12-23)26-17-21-30(22-18-26)32-28-9-5-2-6-10-28/h5-68H,1-4,69-72H2;1-22,31-32H. The highest BCUT2D eigenvalue weighted by Gasteiger charge is 2.45. The molecule has 0 aliphatic heterocycles. The normalized spacial score (nSPS) is 12.1. The van der Waals surface area contributed by atoms with Crippen molar-refractivity contribution in [1.82, 2.24) is 0 Å². The molecule has 0 fully saturated rings. The van der Waals surface area contributed by atoms with Gasteiger partial charge in [0.15, 0.2) is 0 Å². The molecule has 0 bridgehead atoms. The summed E-state index contributed by atoms with van der Waals surface area (Å²) in [4.78, 5) is 4.70. The van der Waals surface area contributed by atoms with Crippen molar-refractivity contribution in [3.63, 3.8) is 0 Å². The van der Waals surface area contributed by atoms with Crippen LogP contribution < -0.4 is 20.4 Å². The molecule has 0 unspecified atom stereocenters. The van der Waals surface area contributed by atoms with Gasteiger partial charge in [0.05, 0.1) is 0 Å². The molecule has 0 radical (unpaired) electrons. The molecule has 4 nitrogen and oxygen atoms in total. The molecule has 20 aromatic rings. The molecule has 0 amide bonds. The number of benzene rings is 20. The molecule has 4 heteroatoms. The highest BCUT2D eigenvalue weighted by atomic mass is 15.1. The largest absolute Gasteiger partial charge is 0.356 e. The van der Waals surface area contributed by atoms with Gasteiger partial charge >= 0.3 is 0 Å². The number of nitrogens with one attached hydrogen (secondary N) is 2. The first-order valence-electron chi connectivity index (χ1n) is 47.6. The van der Waals surface area contributed by atoms with Gasteiger partial charge in [0.1, 0.15) is 0 Å². The number of anilines is 10. The van der Waals surface area contributed by atoms with Gasteiger partial charge in [-0.05, 0) is 315 Å². The van der Waals surface area contributed by atoms with Crippen molar-refractivity contribution in [3.8, 4) is 89.0 Å². The van der Waals surface area contributed by atoms with Crippen molar-refractivity contribution in [2.24, 2.45) is 0 Å². The zero-order valence-electron chi connectivity index (χ0n) is 77.2. The smallest absolute Gasteiger partial charge is 0.0462 e. The summed E-state index contributed by atoms with van der Waals surface area (Å²) in [6.07, 6.45) is 11.1. The van der Waals surface area contributed by atoms with Crippen LogP contribution in [-0.2, 0) is 36.5 Å². The summed E-state index contributed by atoms with van der Waals surface area (Å²) in [5, 5.41) is 6.86. The summed E-state index contributed by atoms with van der Waals surface area (Å²) in [5.74, 6) is 0. The van der Waals surface area contributed by atoms with Gasteiger partial charge < -0.3 is 20.4 Å². The maximum Gasteiger partial charge on any atom is 0.0462 e. The first kappa shape index (κ1) is 87.2. The van der Waals surface area contributed by atoms with E-state index >= 15 is 0 Å². The Morgan fingerprint density at radius 1 is 0.174 bits per heavy atom. The fraction of sp³-hybridized carbons (Fsp3) is 0.0448. The Morgan fingerprint density at radius 2 is 0.370 bits per heavy atom. The predicted molar refractivity (Wildman–Crippen MR) is 588 cm³/mol. The van der Waals surface area contributed by atoms with Crippen molar-refractivity contribution >= 4 is 81.2 Å². The molecule has 2 aliphatic rings. The predicted octanol–water partition coefficient (Wildman–Crippen LogP) is 35.9. The maximum atomic E-state index is 4.04. The average molecular weight is 1770 g/mol. The lowest BCUT2D eigenvalue weighted by Crippen LogP contribution is -2.31. The van der Waals surface area contributed by atoms with E-state index in [0.29, 0.717) is 0 Å². The number of hydrogen-bond donors (Lipinski definition) is 2. The van der Waals surface area contributed by atoms with Crippen LogP contribution in [0.25, 0.3) is 113 Å². The zero-order valence-corrected chi connectivity index (χ0v) is 77.2.